The molecule has 0 nitrogen and oxygen atoms in total. The summed E-state index contributed by atoms with van der Waals surface area (Å²) in [7, 11) is 0. The average Bonchev–Trinajstić information content (AvgIpc) is 2.29. The summed E-state index contributed by atoms with van der Waals surface area (Å²) in [5.41, 5.74) is 2.26. The van der Waals surface area contributed by atoms with Crippen molar-refractivity contribution in [1.82, 2.24) is 0 Å². The maximum absolute atomic E-state index is 6.40. The molecule has 0 aliphatic heterocycles. The van der Waals surface area contributed by atoms with Crippen LogP contribution in [0.25, 0.3) is 0 Å². The Morgan fingerprint density at radius 2 is 1.82 bits per heavy atom. The summed E-state index contributed by atoms with van der Waals surface area (Å²) in [4.78, 5) is 0. The standard InChI is InChI=1S/C14H11BrCl2/c15-12-5-2-4-11(9-12)14(17)8-10-3-1-6-13(16)7-10/h1-7,9,14H,8H2. The Morgan fingerprint density at radius 1 is 1.06 bits per heavy atom. The van der Waals surface area contributed by atoms with Gasteiger partial charge in [-0.05, 0) is 41.8 Å². The molecule has 3 heteroatoms. The lowest BCUT2D eigenvalue weighted by atomic mass is 10.0. The van der Waals surface area contributed by atoms with Crippen molar-refractivity contribution in [3.63, 3.8) is 0 Å². The lowest BCUT2D eigenvalue weighted by Crippen LogP contribution is -1.95. The fourth-order valence-electron chi connectivity index (χ4n) is 1.69. The van der Waals surface area contributed by atoms with E-state index >= 15 is 0 Å². The molecule has 0 aromatic heterocycles. The first-order valence-electron chi connectivity index (χ1n) is 5.29. The highest BCUT2D eigenvalue weighted by Crippen LogP contribution is 2.27. The van der Waals surface area contributed by atoms with Crippen LogP contribution < -0.4 is 0 Å². The van der Waals surface area contributed by atoms with Crippen LogP contribution in [0, 0.1) is 0 Å². The predicted molar refractivity (Wildman–Crippen MR) is 77.9 cm³/mol. The topological polar surface area (TPSA) is 0 Å². The van der Waals surface area contributed by atoms with Crippen molar-refractivity contribution in [2.45, 2.75) is 11.8 Å². The molecule has 0 N–H and O–H groups in total. The first kappa shape index (κ1) is 12.9. The number of alkyl halides is 1. The molecule has 0 amide bonds. The van der Waals surface area contributed by atoms with Gasteiger partial charge in [-0.1, -0.05) is 51.8 Å². The van der Waals surface area contributed by atoms with Crippen LogP contribution in [0.3, 0.4) is 0 Å². The summed E-state index contributed by atoms with van der Waals surface area (Å²) < 4.78 is 1.05. The lowest BCUT2D eigenvalue weighted by Gasteiger charge is -2.10. The summed E-state index contributed by atoms with van der Waals surface area (Å²) in [6.07, 6.45) is 0.776. The van der Waals surface area contributed by atoms with Crippen LogP contribution in [0.1, 0.15) is 16.5 Å². The van der Waals surface area contributed by atoms with E-state index in [2.05, 4.69) is 15.9 Å². The molecule has 0 spiro atoms. The number of rotatable bonds is 3. The molecule has 88 valence electrons. The quantitative estimate of drug-likeness (QED) is 0.640. The second-order valence-electron chi connectivity index (χ2n) is 3.86. The van der Waals surface area contributed by atoms with Gasteiger partial charge in [0.2, 0.25) is 0 Å². The van der Waals surface area contributed by atoms with Gasteiger partial charge in [0.05, 0.1) is 5.38 Å². The molecule has 17 heavy (non-hydrogen) atoms. The van der Waals surface area contributed by atoms with Gasteiger partial charge in [-0.15, -0.1) is 11.6 Å². The second kappa shape index (κ2) is 5.90. The highest BCUT2D eigenvalue weighted by molar-refractivity contribution is 9.10. The Bertz CT molecular complexity index is 511. The Labute approximate surface area is 120 Å². The fraction of sp³-hybridized carbons (Fsp3) is 0.143. The van der Waals surface area contributed by atoms with Crippen LogP contribution in [-0.2, 0) is 6.42 Å². The van der Waals surface area contributed by atoms with Gasteiger partial charge in [0, 0.05) is 9.50 Å². The summed E-state index contributed by atoms with van der Waals surface area (Å²) in [6, 6.07) is 15.9. The molecule has 0 radical (unpaired) electrons. The minimum Gasteiger partial charge on any atom is -0.117 e. The normalized spacial score (nSPS) is 12.4. The van der Waals surface area contributed by atoms with E-state index in [1.54, 1.807) is 0 Å². The third-order valence-electron chi connectivity index (χ3n) is 2.51. The maximum atomic E-state index is 6.40. The van der Waals surface area contributed by atoms with Gasteiger partial charge in [-0.2, -0.15) is 0 Å². The molecular formula is C14H11BrCl2. The zero-order chi connectivity index (χ0) is 12.3. The summed E-state index contributed by atoms with van der Waals surface area (Å²) in [5.74, 6) is 0. The number of halogens is 3. The summed E-state index contributed by atoms with van der Waals surface area (Å²) >= 11 is 15.8. The van der Waals surface area contributed by atoms with E-state index in [0.717, 1.165) is 27.0 Å². The average molecular weight is 330 g/mol. The van der Waals surface area contributed by atoms with Gasteiger partial charge in [-0.3, -0.25) is 0 Å². The third kappa shape index (κ3) is 3.74. The molecule has 1 atom stereocenters. The molecule has 2 aromatic rings. The van der Waals surface area contributed by atoms with Gasteiger partial charge in [0.25, 0.3) is 0 Å². The van der Waals surface area contributed by atoms with Crippen LogP contribution in [0.2, 0.25) is 5.02 Å². The molecule has 0 aliphatic rings. The smallest absolute Gasteiger partial charge is 0.0625 e. The van der Waals surface area contributed by atoms with Crippen LogP contribution in [-0.4, -0.2) is 0 Å². The third-order valence-corrected chi connectivity index (χ3v) is 3.65. The summed E-state index contributed by atoms with van der Waals surface area (Å²) in [5, 5.41) is 0.714. The Hall–Kier alpha value is -0.500. The van der Waals surface area contributed by atoms with Crippen molar-refractivity contribution in [2.24, 2.45) is 0 Å². The van der Waals surface area contributed by atoms with E-state index < -0.39 is 0 Å². The molecule has 0 aliphatic carbocycles. The molecule has 0 fully saturated rings. The Morgan fingerprint density at radius 3 is 2.53 bits per heavy atom. The molecular weight excluding hydrogens is 319 g/mol. The summed E-state index contributed by atoms with van der Waals surface area (Å²) in [6.45, 7) is 0. The Balaban J connectivity index is 2.14. The van der Waals surface area contributed by atoms with Crippen molar-refractivity contribution in [1.29, 1.82) is 0 Å². The minimum atomic E-state index is -0.0361. The van der Waals surface area contributed by atoms with Crippen molar-refractivity contribution in [2.75, 3.05) is 0 Å². The SMILES string of the molecule is Clc1cccc(CC(Cl)c2cccc(Br)c2)c1. The number of hydrogen-bond donors (Lipinski definition) is 0. The molecule has 2 rings (SSSR count). The minimum absolute atomic E-state index is 0.0361. The zero-order valence-corrected chi connectivity index (χ0v) is 12.1. The molecule has 0 saturated heterocycles. The Kier molecular flexibility index (Phi) is 4.49. The van der Waals surface area contributed by atoms with Crippen LogP contribution in [0.5, 0.6) is 0 Å². The number of hydrogen-bond acceptors (Lipinski definition) is 0. The van der Waals surface area contributed by atoms with Gasteiger partial charge in [-0.25, -0.2) is 0 Å². The molecule has 2 aromatic carbocycles. The first-order chi connectivity index (χ1) is 8.15. The van der Waals surface area contributed by atoms with Gasteiger partial charge >= 0.3 is 0 Å². The van der Waals surface area contributed by atoms with E-state index in [1.165, 1.54) is 0 Å². The highest BCUT2D eigenvalue weighted by Gasteiger charge is 2.09. The van der Waals surface area contributed by atoms with Gasteiger partial charge < -0.3 is 0 Å². The van der Waals surface area contributed by atoms with Crippen molar-refractivity contribution in [3.8, 4) is 0 Å². The monoisotopic (exact) mass is 328 g/mol. The fourth-order valence-corrected chi connectivity index (χ4v) is 2.63. The zero-order valence-electron chi connectivity index (χ0n) is 9.04. The van der Waals surface area contributed by atoms with Gasteiger partial charge in [0.15, 0.2) is 0 Å². The molecule has 0 bridgehead atoms. The molecule has 0 heterocycles. The van der Waals surface area contributed by atoms with Crippen molar-refractivity contribution < 1.29 is 0 Å². The van der Waals surface area contributed by atoms with Crippen LogP contribution in [0.4, 0.5) is 0 Å². The van der Waals surface area contributed by atoms with E-state index in [1.807, 2.05) is 48.5 Å². The van der Waals surface area contributed by atoms with E-state index in [4.69, 9.17) is 23.2 Å². The first-order valence-corrected chi connectivity index (χ1v) is 6.90. The molecule has 0 saturated carbocycles. The lowest BCUT2D eigenvalue weighted by molar-refractivity contribution is 0.919. The predicted octanol–water partition coefficient (Wildman–Crippen LogP) is 5.63. The van der Waals surface area contributed by atoms with Gasteiger partial charge in [0.1, 0.15) is 0 Å². The van der Waals surface area contributed by atoms with Crippen LogP contribution >= 0.6 is 39.1 Å². The van der Waals surface area contributed by atoms with E-state index in [9.17, 15) is 0 Å². The highest BCUT2D eigenvalue weighted by atomic mass is 79.9. The maximum Gasteiger partial charge on any atom is 0.0625 e. The van der Waals surface area contributed by atoms with E-state index in [-0.39, 0.29) is 5.38 Å². The largest absolute Gasteiger partial charge is 0.117 e. The van der Waals surface area contributed by atoms with Crippen molar-refractivity contribution >= 4 is 39.1 Å². The molecule has 1 unspecified atom stereocenters. The van der Waals surface area contributed by atoms with Crippen LogP contribution in [0.15, 0.2) is 53.0 Å². The van der Waals surface area contributed by atoms with Crippen molar-refractivity contribution in [3.05, 3.63) is 69.2 Å². The second-order valence-corrected chi connectivity index (χ2v) is 5.74. The number of benzene rings is 2. The van der Waals surface area contributed by atoms with E-state index in [0.29, 0.717) is 0 Å².